The fourth-order valence-corrected chi connectivity index (χ4v) is 5.94. The highest BCUT2D eigenvalue weighted by molar-refractivity contribution is 5.73. The summed E-state index contributed by atoms with van der Waals surface area (Å²) in [5.41, 5.74) is 4.90. The average Bonchev–Trinajstić information content (AvgIpc) is 3.47. The predicted octanol–water partition coefficient (Wildman–Crippen LogP) is 4.39. The van der Waals surface area contributed by atoms with Gasteiger partial charge in [-0.05, 0) is 48.6 Å². The molecule has 2 heterocycles. The van der Waals surface area contributed by atoms with Gasteiger partial charge in [0, 0.05) is 37.2 Å². The van der Waals surface area contributed by atoms with Gasteiger partial charge >= 0.3 is 6.03 Å². The second-order valence-corrected chi connectivity index (χ2v) is 10.8. The molecule has 2 aliphatic heterocycles. The fourth-order valence-electron chi connectivity index (χ4n) is 5.94. The van der Waals surface area contributed by atoms with Gasteiger partial charge in [-0.25, -0.2) is 4.79 Å². The molecular weight excluding hydrogens is 518 g/mol. The smallest absolute Gasteiger partial charge is 0.315 e. The molecule has 41 heavy (non-hydrogen) atoms. The van der Waals surface area contributed by atoms with E-state index in [1.165, 1.54) is 0 Å². The molecule has 2 fully saturated rings. The number of hydrogen-bond acceptors (Lipinski definition) is 6. The van der Waals surface area contributed by atoms with Crippen LogP contribution in [0.2, 0.25) is 0 Å². The zero-order chi connectivity index (χ0) is 28.6. The van der Waals surface area contributed by atoms with Crippen molar-refractivity contribution in [3.8, 4) is 0 Å². The van der Waals surface area contributed by atoms with Crippen LogP contribution in [-0.4, -0.2) is 59.5 Å². The maximum absolute atomic E-state index is 11.8. The van der Waals surface area contributed by atoms with Gasteiger partial charge in [0.05, 0.1) is 25.4 Å². The van der Waals surface area contributed by atoms with Gasteiger partial charge in [-0.3, -0.25) is 4.90 Å². The van der Waals surface area contributed by atoms with Crippen molar-refractivity contribution < 1.29 is 24.5 Å². The largest absolute Gasteiger partial charge is 0.395 e. The van der Waals surface area contributed by atoms with Gasteiger partial charge in [0.15, 0.2) is 6.29 Å². The molecule has 218 valence electrons. The van der Waals surface area contributed by atoms with E-state index in [1.54, 1.807) is 0 Å². The number of hydrogen-bond donors (Lipinski definition) is 4. The number of rotatable bonds is 10. The van der Waals surface area contributed by atoms with Gasteiger partial charge in [0.25, 0.3) is 0 Å². The maximum atomic E-state index is 11.8. The molecule has 2 saturated heterocycles. The average molecular weight is 560 g/mol. The number of nitrogens with zero attached hydrogens (tertiary/aromatic N) is 1. The third kappa shape index (κ3) is 7.15. The quantitative estimate of drug-likeness (QED) is 0.294. The number of carbonyl (C=O) groups is 1. The molecule has 2 amide bonds. The SMILES string of the molecule is CCNC(=O)NCc1ccc(C2OC(CN3CCCC3CO)C(c3ccccc3)C(c3ccc(CO)cc3)O2)cc1. The van der Waals surface area contributed by atoms with Crippen LogP contribution in [0.1, 0.15) is 65.9 Å². The number of aliphatic hydroxyl groups excluding tert-OH is 2. The predicted molar refractivity (Wildman–Crippen MR) is 157 cm³/mol. The third-order valence-corrected chi connectivity index (χ3v) is 8.14. The number of nitrogens with one attached hydrogen (secondary N) is 2. The highest BCUT2D eigenvalue weighted by Gasteiger charge is 2.43. The number of benzene rings is 3. The molecule has 5 unspecified atom stereocenters. The van der Waals surface area contributed by atoms with E-state index >= 15 is 0 Å². The lowest BCUT2D eigenvalue weighted by atomic mass is 9.83. The molecule has 3 aromatic rings. The standard InChI is InChI=1S/C33H41N3O5/c1-2-34-33(39)35-19-23-10-16-27(17-11-23)32-40-29(20-36-18-6-9-28(36)22-38)30(25-7-4-3-5-8-25)31(41-32)26-14-12-24(21-37)13-15-26/h3-5,7-8,10-17,28-32,37-38H,2,6,9,18-22H2,1H3,(H2,34,35,39). The molecule has 2 aliphatic rings. The zero-order valence-electron chi connectivity index (χ0n) is 23.6. The second-order valence-electron chi connectivity index (χ2n) is 10.8. The van der Waals surface area contributed by atoms with Crippen LogP contribution in [0.5, 0.6) is 0 Å². The van der Waals surface area contributed by atoms with Gasteiger partial charge in [0.2, 0.25) is 0 Å². The van der Waals surface area contributed by atoms with E-state index in [0.717, 1.165) is 47.2 Å². The number of ether oxygens (including phenoxy) is 2. The summed E-state index contributed by atoms with van der Waals surface area (Å²) in [6.45, 7) is 4.63. The minimum atomic E-state index is -0.594. The number of carbonyl (C=O) groups excluding carboxylic acids is 1. The molecule has 0 saturated carbocycles. The van der Waals surface area contributed by atoms with E-state index in [4.69, 9.17) is 9.47 Å². The Morgan fingerprint density at radius 2 is 1.59 bits per heavy atom. The molecule has 0 spiro atoms. The molecule has 8 heteroatoms. The number of amides is 2. The van der Waals surface area contributed by atoms with Crippen LogP contribution in [0.15, 0.2) is 78.9 Å². The summed E-state index contributed by atoms with van der Waals surface area (Å²) < 4.78 is 13.6. The van der Waals surface area contributed by atoms with Crippen LogP contribution in [0.4, 0.5) is 4.79 Å². The highest BCUT2D eigenvalue weighted by atomic mass is 16.7. The van der Waals surface area contributed by atoms with Crippen molar-refractivity contribution >= 4 is 6.03 Å². The minimum absolute atomic E-state index is 0.0128. The Morgan fingerprint density at radius 3 is 2.27 bits per heavy atom. The summed E-state index contributed by atoms with van der Waals surface area (Å²) >= 11 is 0. The Hall–Kier alpha value is -3.27. The summed E-state index contributed by atoms with van der Waals surface area (Å²) in [6.07, 6.45) is 0.971. The topological polar surface area (TPSA) is 103 Å². The molecule has 0 aromatic heterocycles. The summed E-state index contributed by atoms with van der Waals surface area (Å²) in [6, 6.07) is 26.2. The molecule has 0 bridgehead atoms. The highest BCUT2D eigenvalue weighted by Crippen LogP contribution is 2.47. The monoisotopic (exact) mass is 559 g/mol. The van der Waals surface area contributed by atoms with Crippen molar-refractivity contribution in [3.63, 3.8) is 0 Å². The molecule has 0 radical (unpaired) electrons. The summed E-state index contributed by atoms with van der Waals surface area (Å²) in [5.74, 6) is -0.0760. The Morgan fingerprint density at radius 1 is 0.878 bits per heavy atom. The molecule has 8 nitrogen and oxygen atoms in total. The number of urea groups is 1. The minimum Gasteiger partial charge on any atom is -0.395 e. The van der Waals surface area contributed by atoms with E-state index in [9.17, 15) is 15.0 Å². The van der Waals surface area contributed by atoms with E-state index in [2.05, 4.69) is 27.7 Å². The van der Waals surface area contributed by atoms with Crippen LogP contribution in [0.3, 0.4) is 0 Å². The van der Waals surface area contributed by atoms with Crippen LogP contribution < -0.4 is 10.6 Å². The maximum Gasteiger partial charge on any atom is 0.315 e. The van der Waals surface area contributed by atoms with Crippen LogP contribution in [0, 0.1) is 0 Å². The van der Waals surface area contributed by atoms with E-state index in [0.29, 0.717) is 19.6 Å². The molecule has 3 aromatic carbocycles. The first-order valence-corrected chi connectivity index (χ1v) is 14.6. The van der Waals surface area contributed by atoms with Crippen molar-refractivity contribution in [3.05, 3.63) is 107 Å². The zero-order valence-corrected chi connectivity index (χ0v) is 23.6. The van der Waals surface area contributed by atoms with Gasteiger partial charge in [-0.1, -0.05) is 78.9 Å². The first-order chi connectivity index (χ1) is 20.1. The lowest BCUT2D eigenvalue weighted by Gasteiger charge is -2.44. The first-order valence-electron chi connectivity index (χ1n) is 14.6. The van der Waals surface area contributed by atoms with Gasteiger partial charge in [-0.15, -0.1) is 0 Å². The summed E-state index contributed by atoms with van der Waals surface area (Å²) in [7, 11) is 0. The number of likely N-dealkylation sites (tertiary alicyclic amines) is 1. The Kier molecular flexibility index (Phi) is 10.0. The lowest BCUT2D eigenvalue weighted by molar-refractivity contribution is -0.264. The molecular formula is C33H41N3O5. The molecule has 5 rings (SSSR count). The molecule has 5 atom stereocenters. The Balaban J connectivity index is 1.45. The second kappa shape index (κ2) is 14.1. The van der Waals surface area contributed by atoms with Crippen molar-refractivity contribution in [2.75, 3.05) is 26.2 Å². The van der Waals surface area contributed by atoms with E-state index in [1.807, 2.05) is 73.7 Å². The lowest BCUT2D eigenvalue weighted by Crippen LogP contribution is -2.46. The number of aliphatic hydroxyl groups is 2. The Labute approximate surface area is 242 Å². The summed E-state index contributed by atoms with van der Waals surface area (Å²) in [5, 5.41) is 25.3. The Bertz CT molecular complexity index is 1240. The van der Waals surface area contributed by atoms with Crippen LogP contribution >= 0.6 is 0 Å². The van der Waals surface area contributed by atoms with Gasteiger partial charge < -0.3 is 30.3 Å². The van der Waals surface area contributed by atoms with E-state index < -0.39 is 6.29 Å². The van der Waals surface area contributed by atoms with Crippen molar-refractivity contribution in [1.82, 2.24) is 15.5 Å². The van der Waals surface area contributed by atoms with Gasteiger partial charge in [0.1, 0.15) is 0 Å². The normalized spacial score (nSPS) is 24.7. The molecule has 0 aliphatic carbocycles. The van der Waals surface area contributed by atoms with Crippen LogP contribution in [0.25, 0.3) is 0 Å². The summed E-state index contributed by atoms with van der Waals surface area (Å²) in [4.78, 5) is 14.2. The fraction of sp³-hybridized carbons (Fsp3) is 0.424. The van der Waals surface area contributed by atoms with Crippen molar-refractivity contribution in [2.24, 2.45) is 0 Å². The first kappa shape index (κ1) is 29.2. The van der Waals surface area contributed by atoms with Crippen molar-refractivity contribution in [2.45, 2.75) is 63.4 Å². The van der Waals surface area contributed by atoms with Crippen LogP contribution in [-0.2, 0) is 22.6 Å². The third-order valence-electron chi connectivity index (χ3n) is 8.14. The van der Waals surface area contributed by atoms with E-state index in [-0.39, 0.29) is 43.4 Å². The van der Waals surface area contributed by atoms with Gasteiger partial charge in [-0.2, -0.15) is 0 Å². The molecule has 4 N–H and O–H groups in total. The van der Waals surface area contributed by atoms with Crippen molar-refractivity contribution in [1.29, 1.82) is 0 Å².